The van der Waals surface area contributed by atoms with Crippen LogP contribution in [0.25, 0.3) is 0 Å². The van der Waals surface area contributed by atoms with Crippen molar-refractivity contribution < 1.29 is 5.11 Å². The van der Waals surface area contributed by atoms with Gasteiger partial charge in [-0.25, -0.2) is 0 Å². The molecule has 2 nitrogen and oxygen atoms in total. The van der Waals surface area contributed by atoms with E-state index in [0.717, 1.165) is 10.0 Å². The summed E-state index contributed by atoms with van der Waals surface area (Å²) in [6.45, 7) is 5.33. The Morgan fingerprint density at radius 1 is 1.37 bits per heavy atom. The summed E-state index contributed by atoms with van der Waals surface area (Å²) in [4.78, 5) is 0. The lowest BCUT2D eigenvalue weighted by Gasteiger charge is -2.35. The van der Waals surface area contributed by atoms with Gasteiger partial charge in [0.15, 0.2) is 0 Å². The van der Waals surface area contributed by atoms with Crippen molar-refractivity contribution >= 4 is 15.9 Å². The average molecular weight is 326 g/mol. The first-order chi connectivity index (χ1) is 8.96. The third-order valence-electron chi connectivity index (χ3n) is 4.17. The zero-order valence-electron chi connectivity index (χ0n) is 11.8. The monoisotopic (exact) mass is 325 g/mol. The Morgan fingerprint density at radius 3 is 2.68 bits per heavy atom. The van der Waals surface area contributed by atoms with Crippen molar-refractivity contribution in [2.75, 3.05) is 6.54 Å². The van der Waals surface area contributed by atoms with Gasteiger partial charge in [0.25, 0.3) is 0 Å². The fraction of sp³-hybridized carbons (Fsp3) is 0.625. The van der Waals surface area contributed by atoms with E-state index in [0.29, 0.717) is 18.0 Å². The number of hydrogen-bond donors (Lipinski definition) is 2. The van der Waals surface area contributed by atoms with E-state index in [-0.39, 0.29) is 0 Å². The topological polar surface area (TPSA) is 32.3 Å². The molecule has 2 rings (SSSR count). The zero-order valence-corrected chi connectivity index (χ0v) is 13.4. The second-order valence-electron chi connectivity index (χ2n) is 6.42. The molecule has 0 aliphatic heterocycles. The first kappa shape index (κ1) is 15.0. The molecule has 2 N–H and O–H groups in total. The summed E-state index contributed by atoms with van der Waals surface area (Å²) in [5.41, 5.74) is 1.47. The summed E-state index contributed by atoms with van der Waals surface area (Å²) >= 11 is 3.44. The maximum absolute atomic E-state index is 10.2. The van der Waals surface area contributed by atoms with Gasteiger partial charge < -0.3 is 10.4 Å². The maximum atomic E-state index is 10.2. The second kappa shape index (κ2) is 6.38. The molecule has 0 heterocycles. The highest BCUT2D eigenvalue weighted by Gasteiger charge is 2.26. The number of aliphatic hydroxyl groups is 1. The molecule has 0 bridgehead atoms. The van der Waals surface area contributed by atoms with Gasteiger partial charge in [-0.1, -0.05) is 41.9 Å². The van der Waals surface area contributed by atoms with Gasteiger partial charge in [0.1, 0.15) is 0 Å². The Kier molecular flexibility index (Phi) is 5.04. The predicted molar refractivity (Wildman–Crippen MR) is 83.1 cm³/mol. The van der Waals surface area contributed by atoms with Gasteiger partial charge in [-0.15, -0.1) is 0 Å². The first-order valence-corrected chi connectivity index (χ1v) is 7.92. The Bertz CT molecular complexity index is 409. The molecular formula is C16H24BrNO. The minimum atomic E-state index is -0.424. The van der Waals surface area contributed by atoms with Gasteiger partial charge in [-0.05, 0) is 48.8 Å². The molecular weight excluding hydrogens is 302 g/mol. The van der Waals surface area contributed by atoms with Crippen LogP contribution in [0.1, 0.15) is 51.2 Å². The third-order valence-corrected chi connectivity index (χ3v) is 4.67. The molecule has 3 heteroatoms. The van der Waals surface area contributed by atoms with Gasteiger partial charge in [0.05, 0.1) is 6.10 Å². The number of aliphatic hydroxyl groups excluding tert-OH is 1. The Labute approximate surface area is 124 Å². The van der Waals surface area contributed by atoms with Crippen LogP contribution in [-0.4, -0.2) is 17.7 Å². The smallest absolute Gasteiger partial charge is 0.0914 e. The Balaban J connectivity index is 1.80. The van der Waals surface area contributed by atoms with Crippen LogP contribution < -0.4 is 5.32 Å². The van der Waals surface area contributed by atoms with Gasteiger partial charge in [-0.3, -0.25) is 0 Å². The molecule has 0 radical (unpaired) electrons. The van der Waals surface area contributed by atoms with Crippen molar-refractivity contribution in [3.05, 3.63) is 34.3 Å². The summed E-state index contributed by atoms with van der Waals surface area (Å²) in [6, 6.07) is 8.46. The summed E-state index contributed by atoms with van der Waals surface area (Å²) < 4.78 is 1.02. The first-order valence-electron chi connectivity index (χ1n) is 7.13. The molecule has 1 aromatic carbocycles. The van der Waals surface area contributed by atoms with E-state index in [1.807, 2.05) is 24.3 Å². The second-order valence-corrected chi connectivity index (χ2v) is 7.33. The number of nitrogens with one attached hydrogen (secondary N) is 1. The minimum Gasteiger partial charge on any atom is -0.387 e. The van der Waals surface area contributed by atoms with Gasteiger partial charge in [-0.2, -0.15) is 0 Å². The zero-order chi connectivity index (χ0) is 13.9. The van der Waals surface area contributed by atoms with E-state index in [4.69, 9.17) is 0 Å². The molecule has 19 heavy (non-hydrogen) atoms. The minimum absolute atomic E-state index is 0.424. The van der Waals surface area contributed by atoms with E-state index in [1.165, 1.54) is 25.7 Å². The number of rotatable bonds is 4. The number of hydrogen-bond acceptors (Lipinski definition) is 2. The van der Waals surface area contributed by atoms with Crippen molar-refractivity contribution in [3.8, 4) is 0 Å². The molecule has 1 aliphatic carbocycles. The van der Waals surface area contributed by atoms with Gasteiger partial charge in [0, 0.05) is 17.1 Å². The molecule has 1 unspecified atom stereocenters. The predicted octanol–water partition coefficient (Wildman–Crippen LogP) is 4.04. The van der Waals surface area contributed by atoms with Crippen LogP contribution in [0.4, 0.5) is 0 Å². The fourth-order valence-electron chi connectivity index (χ4n) is 2.71. The standard InChI is InChI=1S/C16H24BrNO/c1-16(2)8-6-14(7-9-16)18-11-15(19)12-4-3-5-13(17)10-12/h3-5,10,14-15,18-19H,6-9,11H2,1-2H3. The van der Waals surface area contributed by atoms with Crippen LogP contribution >= 0.6 is 15.9 Å². The van der Waals surface area contributed by atoms with Crippen LogP contribution in [0.15, 0.2) is 28.7 Å². The quantitative estimate of drug-likeness (QED) is 0.875. The summed E-state index contributed by atoms with van der Waals surface area (Å²) in [5, 5.41) is 13.7. The van der Waals surface area contributed by atoms with E-state index in [1.54, 1.807) is 0 Å². The van der Waals surface area contributed by atoms with Gasteiger partial charge >= 0.3 is 0 Å². The van der Waals surface area contributed by atoms with Crippen LogP contribution in [0.3, 0.4) is 0 Å². The molecule has 0 spiro atoms. The molecule has 1 fully saturated rings. The number of halogens is 1. The Hall–Kier alpha value is -0.380. The molecule has 0 aromatic heterocycles. The summed E-state index contributed by atoms with van der Waals surface area (Å²) in [5.74, 6) is 0. The van der Waals surface area contributed by atoms with Crippen molar-refractivity contribution in [2.24, 2.45) is 5.41 Å². The highest BCUT2D eigenvalue weighted by atomic mass is 79.9. The van der Waals surface area contributed by atoms with E-state index in [2.05, 4.69) is 35.1 Å². The van der Waals surface area contributed by atoms with Crippen molar-refractivity contribution in [2.45, 2.75) is 51.7 Å². The SMILES string of the molecule is CC1(C)CCC(NCC(O)c2cccc(Br)c2)CC1. The third kappa shape index (κ3) is 4.59. The maximum Gasteiger partial charge on any atom is 0.0914 e. The summed E-state index contributed by atoms with van der Waals surface area (Å²) in [7, 11) is 0. The van der Waals surface area contributed by atoms with Crippen molar-refractivity contribution in [1.29, 1.82) is 0 Å². The molecule has 1 atom stereocenters. The molecule has 1 saturated carbocycles. The normalized spacial score (nSPS) is 21.3. The molecule has 106 valence electrons. The fourth-order valence-corrected chi connectivity index (χ4v) is 3.13. The largest absolute Gasteiger partial charge is 0.387 e. The molecule has 1 aliphatic rings. The van der Waals surface area contributed by atoms with E-state index in [9.17, 15) is 5.11 Å². The van der Waals surface area contributed by atoms with Crippen LogP contribution in [-0.2, 0) is 0 Å². The van der Waals surface area contributed by atoms with Crippen molar-refractivity contribution in [3.63, 3.8) is 0 Å². The molecule has 0 amide bonds. The van der Waals surface area contributed by atoms with E-state index >= 15 is 0 Å². The van der Waals surface area contributed by atoms with E-state index < -0.39 is 6.10 Å². The molecule has 0 saturated heterocycles. The molecule has 1 aromatic rings. The lowest BCUT2D eigenvalue weighted by molar-refractivity contribution is 0.152. The average Bonchev–Trinajstić information content (AvgIpc) is 2.37. The van der Waals surface area contributed by atoms with Crippen LogP contribution in [0.5, 0.6) is 0 Å². The van der Waals surface area contributed by atoms with Crippen molar-refractivity contribution in [1.82, 2.24) is 5.32 Å². The lowest BCUT2D eigenvalue weighted by Crippen LogP contribution is -2.37. The Morgan fingerprint density at radius 2 is 2.05 bits per heavy atom. The lowest BCUT2D eigenvalue weighted by atomic mass is 9.75. The van der Waals surface area contributed by atoms with Crippen LogP contribution in [0.2, 0.25) is 0 Å². The summed E-state index contributed by atoms with van der Waals surface area (Å²) in [6.07, 6.45) is 4.57. The van der Waals surface area contributed by atoms with Gasteiger partial charge in [0.2, 0.25) is 0 Å². The number of benzene rings is 1. The van der Waals surface area contributed by atoms with Crippen LogP contribution in [0, 0.1) is 5.41 Å². The highest BCUT2D eigenvalue weighted by molar-refractivity contribution is 9.10. The highest BCUT2D eigenvalue weighted by Crippen LogP contribution is 2.35.